The van der Waals surface area contributed by atoms with Crippen LogP contribution in [0, 0.1) is 0 Å². The number of nitrogens with one attached hydrogen (secondary N) is 1. The number of nitrogens with zero attached hydrogens (tertiary/aromatic N) is 2. The van der Waals surface area contributed by atoms with Gasteiger partial charge in [0.2, 0.25) is 5.91 Å². The normalized spacial score (nSPS) is 15.4. The molecule has 116 valence electrons. The summed E-state index contributed by atoms with van der Waals surface area (Å²) in [6, 6.07) is 7.46. The lowest BCUT2D eigenvalue weighted by Crippen LogP contribution is -2.36. The van der Waals surface area contributed by atoms with Crippen molar-refractivity contribution in [2.24, 2.45) is 0 Å². The lowest BCUT2D eigenvalue weighted by molar-refractivity contribution is -0.117. The number of ether oxygens (including phenoxy) is 1. The Labute approximate surface area is 126 Å². The number of amides is 1. The van der Waals surface area contributed by atoms with Crippen LogP contribution in [0.2, 0.25) is 0 Å². The largest absolute Gasteiger partial charge is 0.495 e. The van der Waals surface area contributed by atoms with Gasteiger partial charge in [0.05, 0.1) is 19.3 Å². The summed E-state index contributed by atoms with van der Waals surface area (Å²) in [7, 11) is 3.59. The molecule has 1 amide bonds. The monoisotopic (exact) mass is 291 g/mol. The molecule has 2 rings (SSSR count). The Bertz CT molecular complexity index is 459. The molecule has 1 N–H and O–H groups in total. The highest BCUT2D eigenvalue weighted by molar-refractivity contribution is 5.93. The average Bonchev–Trinajstić information content (AvgIpc) is 2.99. The summed E-state index contributed by atoms with van der Waals surface area (Å²) >= 11 is 0. The van der Waals surface area contributed by atoms with Gasteiger partial charge in [-0.05, 0) is 45.1 Å². The molecule has 21 heavy (non-hydrogen) atoms. The Hall–Kier alpha value is -1.59. The first kappa shape index (κ1) is 15.8. The highest BCUT2D eigenvalue weighted by Crippen LogP contribution is 2.22. The van der Waals surface area contributed by atoms with Crippen molar-refractivity contribution in [1.82, 2.24) is 9.80 Å². The Morgan fingerprint density at radius 1 is 1.33 bits per heavy atom. The fraction of sp³-hybridized carbons (Fsp3) is 0.562. The number of benzene rings is 1. The van der Waals surface area contributed by atoms with E-state index in [1.807, 2.05) is 31.3 Å². The van der Waals surface area contributed by atoms with Crippen molar-refractivity contribution in [3.63, 3.8) is 0 Å². The molecule has 0 saturated carbocycles. The molecule has 0 bridgehead atoms. The molecule has 0 aliphatic carbocycles. The van der Waals surface area contributed by atoms with Crippen molar-refractivity contribution >= 4 is 11.6 Å². The number of likely N-dealkylation sites (N-methyl/N-ethyl adjacent to an activating group) is 1. The average molecular weight is 291 g/mol. The van der Waals surface area contributed by atoms with Crippen molar-refractivity contribution in [3.8, 4) is 5.75 Å². The molecule has 5 nitrogen and oxygen atoms in total. The summed E-state index contributed by atoms with van der Waals surface area (Å²) in [4.78, 5) is 16.6. The standard InChI is InChI=1S/C16H25N3O2/c1-18(11-12-19-9-5-6-10-19)13-16(20)17-14-7-3-4-8-15(14)21-2/h3-4,7-8H,5-6,9-13H2,1-2H3,(H,17,20). The van der Waals surface area contributed by atoms with Gasteiger partial charge in [-0.25, -0.2) is 0 Å². The van der Waals surface area contributed by atoms with Crippen LogP contribution in [0.15, 0.2) is 24.3 Å². The molecule has 1 aromatic carbocycles. The van der Waals surface area contributed by atoms with Gasteiger partial charge < -0.3 is 15.0 Å². The van der Waals surface area contributed by atoms with Gasteiger partial charge in [-0.1, -0.05) is 12.1 Å². The van der Waals surface area contributed by atoms with E-state index in [4.69, 9.17) is 4.74 Å². The smallest absolute Gasteiger partial charge is 0.238 e. The quantitative estimate of drug-likeness (QED) is 0.830. The van der Waals surface area contributed by atoms with Gasteiger partial charge in [-0.3, -0.25) is 9.69 Å². The summed E-state index contributed by atoms with van der Waals surface area (Å²) in [6.45, 7) is 4.74. The lowest BCUT2D eigenvalue weighted by Gasteiger charge is -2.21. The van der Waals surface area contributed by atoms with E-state index in [0.717, 1.165) is 18.8 Å². The first-order chi connectivity index (χ1) is 10.2. The maximum atomic E-state index is 12.1. The minimum Gasteiger partial charge on any atom is -0.495 e. The van der Waals surface area contributed by atoms with Crippen molar-refractivity contribution in [1.29, 1.82) is 0 Å². The van der Waals surface area contributed by atoms with Gasteiger partial charge in [0, 0.05) is 13.1 Å². The molecule has 0 atom stereocenters. The number of anilines is 1. The lowest BCUT2D eigenvalue weighted by atomic mass is 10.3. The third-order valence-electron chi connectivity index (χ3n) is 3.79. The summed E-state index contributed by atoms with van der Waals surface area (Å²) in [6.07, 6.45) is 2.61. The SMILES string of the molecule is COc1ccccc1NC(=O)CN(C)CCN1CCCC1. The van der Waals surface area contributed by atoms with Crippen LogP contribution in [0.1, 0.15) is 12.8 Å². The third kappa shape index (κ3) is 5.02. The number of methoxy groups -OCH3 is 1. The van der Waals surface area contributed by atoms with Gasteiger partial charge in [-0.2, -0.15) is 0 Å². The molecule has 1 aliphatic heterocycles. The molecule has 0 spiro atoms. The third-order valence-corrected chi connectivity index (χ3v) is 3.79. The van der Waals surface area contributed by atoms with Gasteiger partial charge in [0.15, 0.2) is 0 Å². The van der Waals surface area contributed by atoms with Crippen LogP contribution in [-0.4, -0.2) is 62.6 Å². The number of rotatable bonds is 7. The molecule has 1 heterocycles. The Balaban J connectivity index is 1.75. The van der Waals surface area contributed by atoms with E-state index in [1.165, 1.54) is 25.9 Å². The highest BCUT2D eigenvalue weighted by Gasteiger charge is 2.13. The first-order valence-corrected chi connectivity index (χ1v) is 7.53. The van der Waals surface area contributed by atoms with Crippen molar-refractivity contribution < 1.29 is 9.53 Å². The predicted molar refractivity (Wildman–Crippen MR) is 84.8 cm³/mol. The molecule has 0 radical (unpaired) electrons. The van der Waals surface area contributed by atoms with Gasteiger partial charge in [-0.15, -0.1) is 0 Å². The zero-order chi connectivity index (χ0) is 15.1. The number of carbonyl (C=O) groups is 1. The van der Waals surface area contributed by atoms with Crippen molar-refractivity contribution in [2.45, 2.75) is 12.8 Å². The van der Waals surface area contributed by atoms with E-state index in [0.29, 0.717) is 12.3 Å². The number of hydrogen-bond acceptors (Lipinski definition) is 4. The zero-order valence-corrected chi connectivity index (χ0v) is 13.0. The number of likely N-dealkylation sites (tertiary alicyclic amines) is 1. The van der Waals surface area contributed by atoms with Gasteiger partial charge in [0.25, 0.3) is 0 Å². The molecular formula is C16H25N3O2. The van der Waals surface area contributed by atoms with Gasteiger partial charge >= 0.3 is 0 Å². The minimum absolute atomic E-state index is 0.0107. The molecule has 5 heteroatoms. The van der Waals surface area contributed by atoms with Crippen LogP contribution in [0.3, 0.4) is 0 Å². The topological polar surface area (TPSA) is 44.8 Å². The first-order valence-electron chi connectivity index (χ1n) is 7.53. The predicted octanol–water partition coefficient (Wildman–Crippen LogP) is 1.66. The van der Waals surface area contributed by atoms with Crippen molar-refractivity contribution in [2.75, 3.05) is 52.2 Å². The summed E-state index contributed by atoms with van der Waals surface area (Å²) in [5.74, 6) is 0.675. The highest BCUT2D eigenvalue weighted by atomic mass is 16.5. The van der Waals surface area contributed by atoms with Crippen LogP contribution >= 0.6 is 0 Å². The van der Waals surface area contributed by atoms with Crippen LogP contribution in [0.25, 0.3) is 0 Å². The van der Waals surface area contributed by atoms with Gasteiger partial charge in [0.1, 0.15) is 5.75 Å². The fourth-order valence-corrected chi connectivity index (χ4v) is 2.58. The van der Waals surface area contributed by atoms with Crippen LogP contribution in [-0.2, 0) is 4.79 Å². The second-order valence-electron chi connectivity index (χ2n) is 5.53. The molecule has 0 aromatic heterocycles. The molecule has 1 saturated heterocycles. The second-order valence-corrected chi connectivity index (χ2v) is 5.53. The number of para-hydroxylation sites is 2. The van der Waals surface area contributed by atoms with E-state index in [-0.39, 0.29) is 5.91 Å². The van der Waals surface area contributed by atoms with E-state index in [2.05, 4.69) is 15.1 Å². The Morgan fingerprint density at radius 2 is 2.05 bits per heavy atom. The van der Waals surface area contributed by atoms with Crippen LogP contribution < -0.4 is 10.1 Å². The maximum absolute atomic E-state index is 12.1. The Kier molecular flexibility index (Phi) is 6.02. The molecular weight excluding hydrogens is 266 g/mol. The van der Waals surface area contributed by atoms with Crippen LogP contribution in [0.5, 0.6) is 5.75 Å². The summed E-state index contributed by atoms with van der Waals surface area (Å²) in [5.41, 5.74) is 0.720. The molecule has 1 aliphatic rings. The van der Waals surface area contributed by atoms with E-state index in [1.54, 1.807) is 7.11 Å². The zero-order valence-electron chi connectivity index (χ0n) is 13.0. The van der Waals surface area contributed by atoms with E-state index in [9.17, 15) is 4.79 Å². The fourth-order valence-electron chi connectivity index (χ4n) is 2.58. The number of hydrogen-bond donors (Lipinski definition) is 1. The minimum atomic E-state index is -0.0107. The van der Waals surface area contributed by atoms with Crippen LogP contribution in [0.4, 0.5) is 5.69 Å². The Morgan fingerprint density at radius 3 is 2.76 bits per heavy atom. The molecule has 1 aromatic rings. The summed E-state index contributed by atoms with van der Waals surface area (Å²) in [5, 5.41) is 2.90. The van der Waals surface area contributed by atoms with E-state index < -0.39 is 0 Å². The van der Waals surface area contributed by atoms with E-state index >= 15 is 0 Å². The summed E-state index contributed by atoms with van der Waals surface area (Å²) < 4.78 is 5.23. The maximum Gasteiger partial charge on any atom is 0.238 e. The molecule has 1 fully saturated rings. The second kappa shape index (κ2) is 8.00. The molecule has 0 unspecified atom stereocenters. The number of carbonyl (C=O) groups excluding carboxylic acids is 1. The van der Waals surface area contributed by atoms with Crippen molar-refractivity contribution in [3.05, 3.63) is 24.3 Å².